The van der Waals surface area contributed by atoms with Crippen LogP contribution in [0.1, 0.15) is 11.1 Å². The zero-order valence-electron chi connectivity index (χ0n) is 15.6. The highest BCUT2D eigenvalue weighted by atomic mass is 35.5. The van der Waals surface area contributed by atoms with Gasteiger partial charge in [0.05, 0.1) is 21.3 Å². The minimum Gasteiger partial charge on any atom is -0.306 e. The average Bonchev–Trinajstić information content (AvgIpc) is 3.11. The van der Waals surface area contributed by atoms with Crippen LogP contribution in [0.2, 0.25) is 5.02 Å². The third-order valence-corrected chi connectivity index (χ3v) is 6.31. The number of aromatic nitrogens is 2. The Balaban J connectivity index is 1.73. The molecule has 4 rings (SSSR count). The number of aryl methyl sites for hydroxylation is 2. The van der Waals surface area contributed by atoms with Crippen LogP contribution in [0.25, 0.3) is 16.9 Å². The van der Waals surface area contributed by atoms with Crippen LogP contribution in [0.5, 0.6) is 0 Å². The number of hydrogen-bond donors (Lipinski definition) is 1. The lowest BCUT2D eigenvalue weighted by atomic mass is 10.1. The second-order valence-electron chi connectivity index (χ2n) is 6.76. The van der Waals surface area contributed by atoms with E-state index in [1.165, 1.54) is 6.07 Å². The van der Waals surface area contributed by atoms with E-state index >= 15 is 0 Å². The molecule has 8 heteroatoms. The molecule has 2 heterocycles. The van der Waals surface area contributed by atoms with Crippen molar-refractivity contribution in [3.8, 4) is 11.3 Å². The molecule has 0 unspecified atom stereocenters. The Bertz CT molecular complexity index is 1350. The molecule has 0 saturated heterocycles. The smallest absolute Gasteiger partial charge is 0.261 e. The molecule has 29 heavy (non-hydrogen) atoms. The molecule has 0 aliphatic carbocycles. The van der Waals surface area contributed by atoms with Gasteiger partial charge in [0.15, 0.2) is 0 Å². The zero-order chi connectivity index (χ0) is 20.8. The average molecular weight is 430 g/mol. The number of pyridine rings is 1. The van der Waals surface area contributed by atoms with Gasteiger partial charge in [-0.05, 0) is 55.3 Å². The third kappa shape index (κ3) is 3.71. The largest absolute Gasteiger partial charge is 0.306 e. The summed E-state index contributed by atoms with van der Waals surface area (Å²) in [5.41, 5.74) is 4.53. The van der Waals surface area contributed by atoms with Gasteiger partial charge < -0.3 is 4.40 Å². The fourth-order valence-electron chi connectivity index (χ4n) is 3.03. The first-order valence-corrected chi connectivity index (χ1v) is 10.6. The van der Waals surface area contributed by atoms with E-state index in [-0.39, 0.29) is 9.92 Å². The minimum absolute atomic E-state index is 0.114. The molecule has 0 amide bonds. The molecular formula is C21H17ClFN3O2S. The molecular weight excluding hydrogens is 413 g/mol. The van der Waals surface area contributed by atoms with Gasteiger partial charge in [0.25, 0.3) is 10.0 Å². The topological polar surface area (TPSA) is 63.5 Å². The molecule has 0 saturated carbocycles. The van der Waals surface area contributed by atoms with E-state index in [9.17, 15) is 12.8 Å². The molecule has 2 aromatic heterocycles. The molecule has 0 aliphatic rings. The van der Waals surface area contributed by atoms with Crippen LogP contribution in [0.3, 0.4) is 0 Å². The number of hydrogen-bond acceptors (Lipinski definition) is 3. The van der Waals surface area contributed by atoms with Gasteiger partial charge in [-0.1, -0.05) is 29.8 Å². The number of anilines is 1. The van der Waals surface area contributed by atoms with E-state index in [0.717, 1.165) is 40.2 Å². The van der Waals surface area contributed by atoms with Gasteiger partial charge in [0, 0.05) is 18.0 Å². The van der Waals surface area contributed by atoms with Crippen molar-refractivity contribution in [1.29, 1.82) is 0 Å². The van der Waals surface area contributed by atoms with E-state index in [1.807, 2.05) is 48.0 Å². The quantitative estimate of drug-likeness (QED) is 0.484. The van der Waals surface area contributed by atoms with Crippen molar-refractivity contribution in [2.45, 2.75) is 18.7 Å². The normalized spacial score (nSPS) is 11.7. The SMILES string of the molecule is Cc1ccc(-c2cn3cccc(C)c3n2)cc1NS(=O)(=O)c1ccc(F)c(Cl)c1. The summed E-state index contributed by atoms with van der Waals surface area (Å²) in [5, 5.41) is -0.251. The Morgan fingerprint density at radius 1 is 1.07 bits per heavy atom. The lowest BCUT2D eigenvalue weighted by Crippen LogP contribution is -2.14. The molecule has 0 spiro atoms. The van der Waals surface area contributed by atoms with Crippen LogP contribution < -0.4 is 4.72 Å². The fraction of sp³-hybridized carbons (Fsp3) is 0.0952. The van der Waals surface area contributed by atoms with Crippen molar-refractivity contribution in [3.63, 3.8) is 0 Å². The maximum atomic E-state index is 13.4. The Morgan fingerprint density at radius 3 is 2.59 bits per heavy atom. The summed E-state index contributed by atoms with van der Waals surface area (Å²) < 4.78 is 43.3. The van der Waals surface area contributed by atoms with Crippen molar-refractivity contribution in [1.82, 2.24) is 9.38 Å². The number of nitrogens with zero attached hydrogens (tertiary/aromatic N) is 2. The number of imidazole rings is 1. The van der Waals surface area contributed by atoms with Gasteiger partial charge in [0.2, 0.25) is 0 Å². The molecule has 2 aromatic carbocycles. The first kappa shape index (κ1) is 19.4. The molecule has 0 aliphatic heterocycles. The zero-order valence-corrected chi connectivity index (χ0v) is 17.2. The van der Waals surface area contributed by atoms with Gasteiger partial charge in [-0.2, -0.15) is 0 Å². The summed E-state index contributed by atoms with van der Waals surface area (Å²) in [6.07, 6.45) is 3.81. The number of rotatable bonds is 4. The lowest BCUT2D eigenvalue weighted by Gasteiger charge is -2.12. The molecule has 4 aromatic rings. The first-order valence-electron chi connectivity index (χ1n) is 8.78. The third-order valence-electron chi connectivity index (χ3n) is 4.66. The Labute approximate surface area is 172 Å². The van der Waals surface area contributed by atoms with Crippen LogP contribution in [-0.4, -0.2) is 17.8 Å². The van der Waals surface area contributed by atoms with Gasteiger partial charge >= 0.3 is 0 Å². The molecule has 1 N–H and O–H groups in total. The maximum Gasteiger partial charge on any atom is 0.261 e. The van der Waals surface area contributed by atoms with Crippen LogP contribution >= 0.6 is 11.6 Å². The van der Waals surface area contributed by atoms with Gasteiger partial charge in [0.1, 0.15) is 11.5 Å². The summed E-state index contributed by atoms with van der Waals surface area (Å²) in [6.45, 7) is 3.78. The number of nitrogens with one attached hydrogen (secondary N) is 1. The number of benzene rings is 2. The summed E-state index contributed by atoms with van der Waals surface area (Å²) in [6, 6.07) is 12.6. The van der Waals surface area contributed by atoms with Gasteiger partial charge in [-0.3, -0.25) is 4.72 Å². The predicted octanol–water partition coefficient (Wildman–Crippen LogP) is 5.21. The van der Waals surface area contributed by atoms with Crippen LogP contribution in [0.4, 0.5) is 10.1 Å². The summed E-state index contributed by atoms with van der Waals surface area (Å²) >= 11 is 5.73. The van der Waals surface area contributed by atoms with E-state index in [2.05, 4.69) is 9.71 Å². The van der Waals surface area contributed by atoms with Gasteiger partial charge in [-0.15, -0.1) is 0 Å². The highest BCUT2D eigenvalue weighted by Gasteiger charge is 2.18. The predicted molar refractivity (Wildman–Crippen MR) is 112 cm³/mol. The highest BCUT2D eigenvalue weighted by molar-refractivity contribution is 7.92. The summed E-state index contributed by atoms with van der Waals surface area (Å²) in [4.78, 5) is 4.54. The van der Waals surface area contributed by atoms with Crippen LogP contribution in [0.15, 0.2) is 65.8 Å². The van der Waals surface area contributed by atoms with Crippen LogP contribution in [-0.2, 0) is 10.0 Å². The maximum absolute atomic E-state index is 13.4. The van der Waals surface area contributed by atoms with E-state index in [1.54, 1.807) is 13.0 Å². The lowest BCUT2D eigenvalue weighted by molar-refractivity contribution is 0.599. The van der Waals surface area contributed by atoms with Crippen molar-refractivity contribution in [2.24, 2.45) is 0 Å². The first-order chi connectivity index (χ1) is 13.7. The Hall–Kier alpha value is -2.90. The number of halogens is 2. The minimum atomic E-state index is -3.93. The Kier molecular flexibility index (Phi) is 4.80. The summed E-state index contributed by atoms with van der Waals surface area (Å²) in [5.74, 6) is -0.675. The standard InChI is InChI=1S/C21H17ClFN3O2S/c1-13-5-6-15(20-12-26-9-3-4-14(2)21(26)24-20)10-19(13)25-29(27,28)16-7-8-18(23)17(22)11-16/h3-12,25H,1-2H3. The molecule has 0 bridgehead atoms. The monoisotopic (exact) mass is 429 g/mol. The van der Waals surface area contributed by atoms with E-state index in [4.69, 9.17) is 11.6 Å². The number of sulfonamides is 1. The summed E-state index contributed by atoms with van der Waals surface area (Å²) in [7, 11) is -3.93. The second-order valence-corrected chi connectivity index (χ2v) is 8.85. The van der Waals surface area contributed by atoms with Crippen molar-refractivity contribution >= 4 is 33.0 Å². The molecule has 148 valence electrons. The molecule has 5 nitrogen and oxygen atoms in total. The van der Waals surface area contributed by atoms with Crippen molar-refractivity contribution in [2.75, 3.05) is 4.72 Å². The molecule has 0 radical (unpaired) electrons. The van der Waals surface area contributed by atoms with E-state index in [0.29, 0.717) is 5.69 Å². The highest BCUT2D eigenvalue weighted by Crippen LogP contribution is 2.28. The van der Waals surface area contributed by atoms with Crippen molar-refractivity contribution in [3.05, 3.63) is 82.9 Å². The Morgan fingerprint density at radius 2 is 1.86 bits per heavy atom. The van der Waals surface area contributed by atoms with Crippen molar-refractivity contribution < 1.29 is 12.8 Å². The molecule has 0 fully saturated rings. The fourth-order valence-corrected chi connectivity index (χ4v) is 4.42. The second kappa shape index (κ2) is 7.17. The molecule has 0 atom stereocenters. The number of fused-ring (bicyclic) bond motifs is 1. The van der Waals surface area contributed by atoms with Gasteiger partial charge in [-0.25, -0.2) is 17.8 Å². The van der Waals surface area contributed by atoms with Crippen LogP contribution in [0, 0.1) is 19.7 Å². The van der Waals surface area contributed by atoms with E-state index < -0.39 is 15.8 Å².